The maximum absolute atomic E-state index is 11.1. The minimum atomic E-state index is -0.918. The molecule has 0 fully saturated rings. The minimum absolute atomic E-state index is 0.292. The molecule has 1 aromatic carbocycles. The molecule has 0 radical (unpaired) electrons. The number of rotatable bonds is 6. The molecular weight excluding hydrogens is 358 g/mol. The van der Waals surface area contributed by atoms with Crippen molar-refractivity contribution in [2.75, 3.05) is 0 Å². The maximum Gasteiger partial charge on any atom is 0.336 e. The van der Waals surface area contributed by atoms with Crippen LogP contribution >= 0.6 is 39.0 Å². The second-order valence-corrected chi connectivity index (χ2v) is 7.06. The Bertz CT molecular complexity index is 613. The number of aromatic nitrogens is 1. The second-order valence-electron chi connectivity index (χ2n) is 4.22. The summed E-state index contributed by atoms with van der Waals surface area (Å²) >= 11 is 6.55. The Labute approximate surface area is 134 Å². The quantitative estimate of drug-likeness (QED) is 0.737. The van der Waals surface area contributed by atoms with E-state index in [4.69, 9.17) is 5.11 Å². The molecule has 106 valence electrons. The average molecular weight is 372 g/mol. The van der Waals surface area contributed by atoms with Gasteiger partial charge in [-0.2, -0.15) is 0 Å². The molecular formula is C14H14BrNO2S2. The van der Waals surface area contributed by atoms with E-state index < -0.39 is 5.97 Å². The zero-order chi connectivity index (χ0) is 14.5. The molecule has 2 rings (SSSR count). The molecule has 0 spiro atoms. The van der Waals surface area contributed by atoms with Gasteiger partial charge in [-0.25, -0.2) is 9.78 Å². The highest BCUT2D eigenvalue weighted by molar-refractivity contribution is 9.10. The van der Waals surface area contributed by atoms with Crippen molar-refractivity contribution in [1.82, 2.24) is 4.98 Å². The summed E-state index contributed by atoms with van der Waals surface area (Å²) in [5.74, 6) is -0.154. The monoisotopic (exact) mass is 371 g/mol. The van der Waals surface area contributed by atoms with E-state index in [-0.39, 0.29) is 0 Å². The first-order valence-electron chi connectivity index (χ1n) is 6.19. The topological polar surface area (TPSA) is 50.2 Å². The Balaban J connectivity index is 2.03. The van der Waals surface area contributed by atoms with Gasteiger partial charge in [0.2, 0.25) is 0 Å². The number of carbonyl (C=O) groups is 1. The van der Waals surface area contributed by atoms with E-state index in [1.807, 2.05) is 6.07 Å². The molecule has 0 amide bonds. The van der Waals surface area contributed by atoms with Crippen LogP contribution in [-0.4, -0.2) is 16.1 Å². The zero-order valence-electron chi connectivity index (χ0n) is 10.9. The molecule has 0 aliphatic rings. The van der Waals surface area contributed by atoms with Gasteiger partial charge in [-0.15, -0.1) is 23.1 Å². The third-order valence-electron chi connectivity index (χ3n) is 2.62. The third-order valence-corrected chi connectivity index (χ3v) is 5.29. The Morgan fingerprint density at radius 2 is 2.30 bits per heavy atom. The van der Waals surface area contributed by atoms with Gasteiger partial charge in [-0.3, -0.25) is 0 Å². The Hall–Kier alpha value is -0.850. The van der Waals surface area contributed by atoms with Gasteiger partial charge < -0.3 is 5.11 Å². The van der Waals surface area contributed by atoms with Gasteiger partial charge in [0.1, 0.15) is 0 Å². The molecule has 0 aliphatic carbocycles. The summed E-state index contributed by atoms with van der Waals surface area (Å²) in [6.45, 7) is 2.14. The Morgan fingerprint density at radius 3 is 3.00 bits per heavy atom. The number of thioether (sulfide) groups is 1. The van der Waals surface area contributed by atoms with Crippen molar-refractivity contribution in [3.8, 4) is 0 Å². The lowest BCUT2D eigenvalue weighted by Gasteiger charge is -2.03. The van der Waals surface area contributed by atoms with E-state index in [1.165, 1.54) is 5.01 Å². The first kappa shape index (κ1) is 15.5. The number of hydrogen-bond donors (Lipinski definition) is 1. The highest BCUT2D eigenvalue weighted by Crippen LogP contribution is 2.28. The Morgan fingerprint density at radius 1 is 1.50 bits per heavy atom. The molecule has 0 unspecified atom stereocenters. The highest BCUT2D eigenvalue weighted by Gasteiger charge is 2.10. The number of hydrogen-bond acceptors (Lipinski definition) is 4. The number of benzene rings is 1. The van der Waals surface area contributed by atoms with E-state index >= 15 is 0 Å². The summed E-state index contributed by atoms with van der Waals surface area (Å²) in [6, 6.07) is 5.38. The summed E-state index contributed by atoms with van der Waals surface area (Å²) in [5, 5.41) is 12.3. The van der Waals surface area contributed by atoms with Gasteiger partial charge in [0.25, 0.3) is 0 Å². The fraction of sp³-hybridized carbons (Fsp3) is 0.286. The lowest BCUT2D eigenvalue weighted by molar-refractivity contribution is 0.0695. The van der Waals surface area contributed by atoms with Crippen LogP contribution in [0.4, 0.5) is 0 Å². The van der Waals surface area contributed by atoms with Crippen molar-refractivity contribution in [3.63, 3.8) is 0 Å². The smallest absolute Gasteiger partial charge is 0.336 e. The van der Waals surface area contributed by atoms with E-state index in [0.29, 0.717) is 10.0 Å². The molecule has 0 saturated carbocycles. The summed E-state index contributed by atoms with van der Waals surface area (Å²) in [4.78, 5) is 16.6. The first-order valence-corrected chi connectivity index (χ1v) is 8.85. The van der Waals surface area contributed by atoms with Crippen LogP contribution in [0, 0.1) is 0 Å². The van der Waals surface area contributed by atoms with E-state index in [2.05, 4.69) is 33.2 Å². The predicted molar refractivity (Wildman–Crippen MR) is 86.8 cm³/mol. The molecule has 1 heterocycles. The number of carboxylic acids is 1. The number of carboxylic acid groups (broad SMARTS) is 1. The van der Waals surface area contributed by atoms with Crippen molar-refractivity contribution < 1.29 is 9.90 Å². The molecule has 3 nitrogen and oxygen atoms in total. The lowest BCUT2D eigenvalue weighted by atomic mass is 10.2. The largest absolute Gasteiger partial charge is 0.478 e. The fourth-order valence-corrected chi connectivity index (χ4v) is 3.91. The van der Waals surface area contributed by atoms with Gasteiger partial charge in [-0.05, 0) is 47.0 Å². The van der Waals surface area contributed by atoms with Crippen LogP contribution in [0.3, 0.4) is 0 Å². The van der Waals surface area contributed by atoms with Gasteiger partial charge in [0, 0.05) is 20.5 Å². The molecule has 0 atom stereocenters. The number of aromatic carboxylic acids is 1. The van der Waals surface area contributed by atoms with Crippen molar-refractivity contribution in [3.05, 3.63) is 44.3 Å². The van der Waals surface area contributed by atoms with Crippen LogP contribution < -0.4 is 0 Å². The molecule has 0 aliphatic heterocycles. The maximum atomic E-state index is 11.1. The number of aryl methyl sites for hydroxylation is 1. The predicted octanol–water partition coefficient (Wildman–Crippen LogP) is 4.85. The fourth-order valence-electron chi connectivity index (χ4n) is 1.66. The van der Waals surface area contributed by atoms with Gasteiger partial charge >= 0.3 is 5.97 Å². The van der Waals surface area contributed by atoms with Gasteiger partial charge in [-0.1, -0.05) is 6.92 Å². The summed E-state index contributed by atoms with van der Waals surface area (Å²) < 4.78 is 0.605. The number of halogens is 1. The molecule has 6 heteroatoms. The SMILES string of the molecule is CCCc1nc(CSc2ccc(Br)c(C(=O)O)c2)cs1. The Kier molecular flexibility index (Phi) is 5.63. The van der Waals surface area contributed by atoms with E-state index in [0.717, 1.165) is 29.2 Å². The van der Waals surface area contributed by atoms with Crippen molar-refractivity contribution >= 4 is 45.0 Å². The molecule has 1 aromatic heterocycles. The minimum Gasteiger partial charge on any atom is -0.478 e. The normalized spacial score (nSPS) is 10.7. The van der Waals surface area contributed by atoms with Crippen LogP contribution in [0.5, 0.6) is 0 Å². The summed E-state index contributed by atoms with van der Waals surface area (Å²) in [6.07, 6.45) is 2.13. The number of thiazole rings is 1. The summed E-state index contributed by atoms with van der Waals surface area (Å²) in [5.41, 5.74) is 1.35. The van der Waals surface area contributed by atoms with Gasteiger partial charge in [0.15, 0.2) is 0 Å². The summed E-state index contributed by atoms with van der Waals surface area (Å²) in [7, 11) is 0. The molecule has 0 saturated heterocycles. The standard InChI is InChI=1S/C14H14BrNO2S2/c1-2-3-13-16-9(8-20-13)7-19-10-4-5-12(15)11(6-10)14(17)18/h4-6,8H,2-3,7H2,1H3,(H,17,18). The van der Waals surface area contributed by atoms with Crippen LogP contribution in [-0.2, 0) is 12.2 Å². The van der Waals surface area contributed by atoms with Crippen LogP contribution in [0.25, 0.3) is 0 Å². The van der Waals surface area contributed by atoms with Crippen LogP contribution in [0.1, 0.15) is 34.4 Å². The van der Waals surface area contributed by atoms with E-state index in [9.17, 15) is 4.79 Å². The van der Waals surface area contributed by atoms with E-state index in [1.54, 1.807) is 35.2 Å². The lowest BCUT2D eigenvalue weighted by Crippen LogP contribution is -1.97. The van der Waals surface area contributed by atoms with Crippen LogP contribution in [0.15, 0.2) is 32.9 Å². The second kappa shape index (κ2) is 7.24. The molecule has 20 heavy (non-hydrogen) atoms. The number of nitrogens with zero attached hydrogens (tertiary/aromatic N) is 1. The van der Waals surface area contributed by atoms with Gasteiger partial charge in [0.05, 0.1) is 16.3 Å². The third kappa shape index (κ3) is 4.07. The zero-order valence-corrected chi connectivity index (χ0v) is 14.1. The average Bonchev–Trinajstić information content (AvgIpc) is 2.86. The molecule has 1 N–H and O–H groups in total. The molecule has 0 bridgehead atoms. The van der Waals surface area contributed by atoms with Crippen LogP contribution in [0.2, 0.25) is 0 Å². The van der Waals surface area contributed by atoms with Crippen molar-refractivity contribution in [2.45, 2.75) is 30.4 Å². The van der Waals surface area contributed by atoms with Crippen molar-refractivity contribution in [2.24, 2.45) is 0 Å². The first-order chi connectivity index (χ1) is 9.60. The molecule has 2 aromatic rings. The van der Waals surface area contributed by atoms with Crippen molar-refractivity contribution in [1.29, 1.82) is 0 Å². The highest BCUT2D eigenvalue weighted by atomic mass is 79.9.